The fourth-order valence-corrected chi connectivity index (χ4v) is 3.07. The molecule has 0 aliphatic carbocycles. The van der Waals surface area contributed by atoms with Crippen molar-refractivity contribution in [2.45, 2.75) is 12.8 Å². The first-order valence-corrected chi connectivity index (χ1v) is 8.87. The fraction of sp³-hybridized carbons (Fsp3) is 0.238. The Kier molecular flexibility index (Phi) is 5.84. The molecule has 7 heteroatoms. The second kappa shape index (κ2) is 8.47. The molecule has 28 heavy (non-hydrogen) atoms. The van der Waals surface area contributed by atoms with Gasteiger partial charge < -0.3 is 14.0 Å². The molecule has 0 aliphatic heterocycles. The number of rotatable bonds is 6. The van der Waals surface area contributed by atoms with E-state index in [9.17, 15) is 9.59 Å². The van der Waals surface area contributed by atoms with Crippen LogP contribution in [0.4, 0.5) is 0 Å². The lowest BCUT2D eigenvalue weighted by atomic mass is 10.1. The third-order valence-electron chi connectivity index (χ3n) is 4.55. The standard InChI is InChI=1S/C21H23N3O4/c1-24-13-16(15-6-4-5-7-17(15)24)21(26)23-22-20(25)11-9-14-8-10-18(27-2)19(12-14)28-3/h4-8,10,12-13H,9,11H2,1-3H3,(H,22,25)(H,23,26). The Morgan fingerprint density at radius 3 is 2.50 bits per heavy atom. The number of nitrogens with zero attached hydrogens (tertiary/aromatic N) is 1. The van der Waals surface area contributed by atoms with Gasteiger partial charge in [0, 0.05) is 30.6 Å². The van der Waals surface area contributed by atoms with Crippen LogP contribution >= 0.6 is 0 Å². The molecule has 0 radical (unpaired) electrons. The minimum Gasteiger partial charge on any atom is -0.493 e. The van der Waals surface area contributed by atoms with Crippen molar-refractivity contribution in [1.29, 1.82) is 0 Å². The Bertz CT molecular complexity index is 1010. The van der Waals surface area contributed by atoms with Gasteiger partial charge in [-0.3, -0.25) is 20.4 Å². The molecule has 0 saturated carbocycles. The van der Waals surface area contributed by atoms with Crippen molar-refractivity contribution < 1.29 is 19.1 Å². The van der Waals surface area contributed by atoms with E-state index in [0.717, 1.165) is 16.5 Å². The molecule has 3 aromatic rings. The lowest BCUT2D eigenvalue weighted by Crippen LogP contribution is -2.41. The van der Waals surface area contributed by atoms with Crippen LogP contribution in [0.5, 0.6) is 11.5 Å². The second-order valence-corrected chi connectivity index (χ2v) is 6.36. The van der Waals surface area contributed by atoms with Crippen LogP contribution in [-0.2, 0) is 18.3 Å². The minimum absolute atomic E-state index is 0.227. The number of aromatic nitrogens is 1. The molecule has 0 bridgehead atoms. The zero-order valence-corrected chi connectivity index (χ0v) is 16.1. The summed E-state index contributed by atoms with van der Waals surface area (Å²) in [6.45, 7) is 0. The Balaban J connectivity index is 1.56. The number of hydrazine groups is 1. The zero-order valence-electron chi connectivity index (χ0n) is 16.1. The number of carbonyl (C=O) groups is 2. The van der Waals surface area contributed by atoms with Gasteiger partial charge in [-0.25, -0.2) is 0 Å². The highest BCUT2D eigenvalue weighted by molar-refractivity contribution is 6.07. The summed E-state index contributed by atoms with van der Waals surface area (Å²) < 4.78 is 12.3. The maximum Gasteiger partial charge on any atom is 0.271 e. The monoisotopic (exact) mass is 381 g/mol. The number of ether oxygens (including phenoxy) is 2. The Labute approximate surface area is 163 Å². The third kappa shape index (κ3) is 4.09. The van der Waals surface area contributed by atoms with Crippen molar-refractivity contribution in [1.82, 2.24) is 15.4 Å². The normalized spacial score (nSPS) is 10.5. The molecule has 146 valence electrons. The van der Waals surface area contributed by atoms with Crippen molar-refractivity contribution in [3.05, 3.63) is 59.8 Å². The van der Waals surface area contributed by atoms with Crippen LogP contribution in [0.2, 0.25) is 0 Å². The molecular formula is C21H23N3O4. The van der Waals surface area contributed by atoms with Crippen LogP contribution in [0, 0.1) is 0 Å². The summed E-state index contributed by atoms with van der Waals surface area (Å²) in [6.07, 6.45) is 2.48. The first kappa shape index (κ1) is 19.3. The number of amides is 2. The molecule has 0 unspecified atom stereocenters. The summed E-state index contributed by atoms with van der Waals surface area (Å²) >= 11 is 0. The first-order chi connectivity index (χ1) is 13.5. The molecule has 7 nitrogen and oxygen atoms in total. The molecule has 1 aromatic heterocycles. The van der Waals surface area contributed by atoms with E-state index in [0.29, 0.717) is 23.5 Å². The van der Waals surface area contributed by atoms with Gasteiger partial charge in [0.25, 0.3) is 5.91 Å². The SMILES string of the molecule is COc1ccc(CCC(=O)NNC(=O)c2cn(C)c3ccccc23)cc1OC. The van der Waals surface area contributed by atoms with Crippen LogP contribution in [0.1, 0.15) is 22.3 Å². The highest BCUT2D eigenvalue weighted by Gasteiger charge is 2.14. The van der Waals surface area contributed by atoms with E-state index in [1.165, 1.54) is 0 Å². The van der Waals surface area contributed by atoms with Crippen LogP contribution in [0.25, 0.3) is 10.9 Å². The van der Waals surface area contributed by atoms with Crippen molar-refractivity contribution in [3.63, 3.8) is 0 Å². The lowest BCUT2D eigenvalue weighted by Gasteiger charge is -2.10. The van der Waals surface area contributed by atoms with Crippen LogP contribution < -0.4 is 20.3 Å². The van der Waals surface area contributed by atoms with Crippen molar-refractivity contribution >= 4 is 22.7 Å². The highest BCUT2D eigenvalue weighted by atomic mass is 16.5. The lowest BCUT2D eigenvalue weighted by molar-refractivity contribution is -0.121. The second-order valence-electron chi connectivity index (χ2n) is 6.36. The van der Waals surface area contributed by atoms with Crippen molar-refractivity contribution in [2.75, 3.05) is 14.2 Å². The molecule has 0 fully saturated rings. The van der Waals surface area contributed by atoms with E-state index in [1.807, 2.05) is 48.0 Å². The van der Waals surface area contributed by atoms with Gasteiger partial charge in [-0.1, -0.05) is 24.3 Å². The highest BCUT2D eigenvalue weighted by Crippen LogP contribution is 2.28. The number of fused-ring (bicyclic) bond motifs is 1. The summed E-state index contributed by atoms with van der Waals surface area (Å²) in [6, 6.07) is 13.1. The third-order valence-corrected chi connectivity index (χ3v) is 4.55. The average Bonchev–Trinajstić information content (AvgIpc) is 3.07. The fourth-order valence-electron chi connectivity index (χ4n) is 3.07. The van der Waals surface area contributed by atoms with Crippen molar-refractivity contribution in [3.8, 4) is 11.5 Å². The number of nitrogens with one attached hydrogen (secondary N) is 2. The van der Waals surface area contributed by atoms with Crippen LogP contribution in [-0.4, -0.2) is 30.6 Å². The molecule has 2 aromatic carbocycles. The Morgan fingerprint density at radius 2 is 1.75 bits per heavy atom. The first-order valence-electron chi connectivity index (χ1n) is 8.87. The van der Waals surface area contributed by atoms with Gasteiger partial charge in [0.2, 0.25) is 5.91 Å². The smallest absolute Gasteiger partial charge is 0.271 e. The maximum atomic E-state index is 12.4. The molecule has 0 saturated heterocycles. The zero-order chi connectivity index (χ0) is 20.1. The number of methoxy groups -OCH3 is 2. The molecule has 0 atom stereocenters. The molecule has 2 amide bonds. The van der Waals surface area contributed by atoms with Crippen LogP contribution in [0.15, 0.2) is 48.7 Å². The van der Waals surface area contributed by atoms with Gasteiger partial charge in [0.15, 0.2) is 11.5 Å². The summed E-state index contributed by atoms with van der Waals surface area (Å²) in [5.74, 6) is 0.627. The molecular weight excluding hydrogens is 358 g/mol. The number of hydrogen-bond donors (Lipinski definition) is 2. The van der Waals surface area contributed by atoms with E-state index in [4.69, 9.17) is 9.47 Å². The summed E-state index contributed by atoms with van der Waals surface area (Å²) in [7, 11) is 5.02. The average molecular weight is 381 g/mol. The van der Waals surface area contributed by atoms with E-state index in [1.54, 1.807) is 26.5 Å². The number of para-hydroxylation sites is 1. The summed E-state index contributed by atoms with van der Waals surface area (Å²) in [5.41, 5.74) is 7.36. The maximum absolute atomic E-state index is 12.4. The number of hydrogen-bond acceptors (Lipinski definition) is 4. The largest absolute Gasteiger partial charge is 0.493 e. The molecule has 1 heterocycles. The molecule has 0 aliphatic rings. The number of benzene rings is 2. The number of carbonyl (C=O) groups excluding carboxylic acids is 2. The van der Waals surface area contributed by atoms with E-state index < -0.39 is 0 Å². The Hall–Kier alpha value is -3.48. The van der Waals surface area contributed by atoms with Crippen molar-refractivity contribution in [2.24, 2.45) is 7.05 Å². The molecule has 3 rings (SSSR count). The molecule has 0 spiro atoms. The van der Waals surface area contributed by atoms with Crippen LogP contribution in [0.3, 0.4) is 0 Å². The summed E-state index contributed by atoms with van der Waals surface area (Å²) in [5, 5.41) is 0.835. The van der Waals surface area contributed by atoms with Gasteiger partial charge in [-0.15, -0.1) is 0 Å². The van der Waals surface area contributed by atoms with Gasteiger partial charge in [0.05, 0.1) is 19.8 Å². The van der Waals surface area contributed by atoms with Gasteiger partial charge in [-0.2, -0.15) is 0 Å². The minimum atomic E-state index is -0.351. The topological polar surface area (TPSA) is 81.6 Å². The summed E-state index contributed by atoms with van der Waals surface area (Å²) in [4.78, 5) is 24.5. The number of aryl methyl sites for hydroxylation is 2. The van der Waals surface area contributed by atoms with E-state index in [-0.39, 0.29) is 18.2 Å². The predicted octanol–water partition coefficient (Wildman–Crippen LogP) is 2.59. The quantitative estimate of drug-likeness (QED) is 0.643. The van der Waals surface area contributed by atoms with E-state index >= 15 is 0 Å². The van der Waals surface area contributed by atoms with Gasteiger partial charge in [-0.05, 0) is 30.2 Å². The van der Waals surface area contributed by atoms with Gasteiger partial charge in [0.1, 0.15) is 0 Å². The predicted molar refractivity (Wildman–Crippen MR) is 106 cm³/mol. The van der Waals surface area contributed by atoms with E-state index in [2.05, 4.69) is 10.9 Å². The molecule has 2 N–H and O–H groups in total. The van der Waals surface area contributed by atoms with Gasteiger partial charge >= 0.3 is 0 Å². The Morgan fingerprint density at radius 1 is 1.00 bits per heavy atom.